The fourth-order valence-corrected chi connectivity index (χ4v) is 18.0. The molecular weight excluding hydrogens is 745 g/mol. The lowest BCUT2D eigenvalue weighted by Crippen LogP contribution is -2.84. The summed E-state index contributed by atoms with van der Waals surface area (Å²) in [6.45, 7) is 4.56. The Morgan fingerprint density at radius 2 is 1.10 bits per heavy atom. The highest BCUT2D eigenvalue weighted by atomic mass is 28.3. The molecule has 60 heavy (non-hydrogen) atoms. The average molecular weight is 781 g/mol. The van der Waals surface area contributed by atoms with Gasteiger partial charge in [-0.25, -0.2) is 0 Å². The number of hydrogen-bond donors (Lipinski definition) is 0. The molecule has 0 N–H and O–H groups in total. The molecule has 7 heterocycles. The van der Waals surface area contributed by atoms with Crippen LogP contribution in [0.5, 0.6) is 0 Å². The summed E-state index contributed by atoms with van der Waals surface area (Å²) < 4.78 is 10.5. The Morgan fingerprint density at radius 3 is 1.80 bits per heavy atom. The first-order valence-corrected chi connectivity index (χ1v) is 23.1. The van der Waals surface area contributed by atoms with E-state index >= 15 is 0 Å². The molecule has 1 spiro atoms. The normalized spacial score (nSPS) is 16.7. The molecule has 12 aromatic rings. The zero-order chi connectivity index (χ0) is 39.2. The van der Waals surface area contributed by atoms with Crippen molar-refractivity contribution in [2.24, 2.45) is 0 Å². The SMILES string of the molecule is Cc1cccc(C)c1-c1c[n+]2c3c4c5c(ccc4c4cc6ccccc6cc4n13)[Si](c1ccccc1)(c1ccccc1)c1ccc3c4ccccc4n4cc[n+]6c4c3c1C562. The summed E-state index contributed by atoms with van der Waals surface area (Å²) >= 11 is 0. The number of aromatic nitrogens is 4. The zero-order valence-corrected chi connectivity index (χ0v) is 34.1. The Hall–Kier alpha value is -7.34. The van der Waals surface area contributed by atoms with Gasteiger partial charge in [0.05, 0.1) is 21.9 Å². The first kappa shape index (κ1) is 31.6. The van der Waals surface area contributed by atoms with Crippen LogP contribution in [0.15, 0.2) is 182 Å². The zero-order valence-electron chi connectivity index (χ0n) is 33.1. The van der Waals surface area contributed by atoms with Crippen molar-refractivity contribution in [3.8, 4) is 11.3 Å². The van der Waals surface area contributed by atoms with Crippen LogP contribution in [0.3, 0.4) is 0 Å². The number of aryl methyl sites for hydroxylation is 2. The number of rotatable bonds is 3. The average Bonchev–Trinajstić information content (AvgIpc) is 4.05. The van der Waals surface area contributed by atoms with Gasteiger partial charge in [-0.05, 0) is 74.7 Å². The van der Waals surface area contributed by atoms with Crippen molar-refractivity contribution < 1.29 is 9.13 Å². The van der Waals surface area contributed by atoms with E-state index in [0.29, 0.717) is 0 Å². The predicted molar refractivity (Wildman–Crippen MR) is 246 cm³/mol. The topological polar surface area (TPSA) is 16.6 Å². The quantitative estimate of drug-likeness (QED) is 0.0742. The molecule has 3 aliphatic heterocycles. The van der Waals surface area contributed by atoms with Crippen LogP contribution in [0.2, 0.25) is 0 Å². The van der Waals surface area contributed by atoms with E-state index in [2.05, 4.69) is 214 Å². The Bertz CT molecular complexity index is 3910. The summed E-state index contributed by atoms with van der Waals surface area (Å²) in [6.07, 6.45) is 7.25. The van der Waals surface area contributed by atoms with Crippen molar-refractivity contribution in [1.82, 2.24) is 8.80 Å². The summed E-state index contributed by atoms with van der Waals surface area (Å²) in [7, 11) is -2.97. The number of imidazole rings is 2. The summed E-state index contributed by atoms with van der Waals surface area (Å²) in [4.78, 5) is 0. The van der Waals surface area contributed by atoms with Crippen molar-refractivity contribution in [3.63, 3.8) is 0 Å². The summed E-state index contributed by atoms with van der Waals surface area (Å²) in [5.41, 5.74) is 12.3. The lowest BCUT2D eigenvalue weighted by Gasteiger charge is -2.43. The number of para-hydroxylation sites is 1. The van der Waals surface area contributed by atoms with Gasteiger partial charge in [0.25, 0.3) is 11.3 Å². The lowest BCUT2D eigenvalue weighted by atomic mass is 9.87. The number of hydrogen-bond acceptors (Lipinski definition) is 0. The van der Waals surface area contributed by atoms with Gasteiger partial charge in [-0.2, -0.15) is 17.9 Å². The molecule has 278 valence electrons. The second-order valence-electron chi connectivity index (χ2n) is 17.4. The van der Waals surface area contributed by atoms with Crippen LogP contribution in [0.1, 0.15) is 22.3 Å². The molecule has 0 saturated heterocycles. The fourth-order valence-electron chi connectivity index (χ4n) is 12.7. The molecule has 0 amide bonds. The maximum atomic E-state index is 2.72. The Labute approximate surface area is 346 Å². The molecular formula is C55H36N4Si+2. The van der Waals surface area contributed by atoms with Gasteiger partial charge in [-0.3, -0.25) is 0 Å². The standard InChI is InChI=1S/C55H36N4Si/c1-33-14-13-15-34(2)48(33)45-32-58-54-50-41(42-30-35-16-9-10-17-36(35)31-44(42)59(45)54)25-27-47-52(50)55(58)51-46(60(47,37-18-5-3-6-19-37)38-20-7-4-8-21-38)26-24-40-39-22-11-12-23-43(39)56-28-29-57(55)53(56)49(40)51/h3-32H,1-2H3/q+2. The molecule has 0 fully saturated rings. The van der Waals surface area contributed by atoms with Crippen LogP contribution >= 0.6 is 0 Å². The highest BCUT2D eigenvalue weighted by Crippen LogP contribution is 2.51. The van der Waals surface area contributed by atoms with E-state index in [-0.39, 0.29) is 0 Å². The largest absolute Gasteiger partial charge is 0.308 e. The molecule has 0 radical (unpaired) electrons. The van der Waals surface area contributed by atoms with Crippen molar-refractivity contribution in [2.45, 2.75) is 19.5 Å². The molecule has 4 aromatic heterocycles. The second-order valence-corrected chi connectivity index (χ2v) is 21.1. The molecule has 0 bridgehead atoms. The third kappa shape index (κ3) is 3.26. The van der Waals surface area contributed by atoms with E-state index in [1.54, 1.807) is 0 Å². The van der Waals surface area contributed by atoms with E-state index in [1.165, 1.54) is 120 Å². The van der Waals surface area contributed by atoms with E-state index < -0.39 is 13.7 Å². The third-order valence-electron chi connectivity index (χ3n) is 14.8. The molecule has 8 aromatic carbocycles. The van der Waals surface area contributed by atoms with Gasteiger partial charge >= 0.3 is 5.66 Å². The summed E-state index contributed by atoms with van der Waals surface area (Å²) in [5, 5.41) is 16.2. The highest BCUT2D eigenvalue weighted by molar-refractivity contribution is 7.20. The van der Waals surface area contributed by atoms with Crippen LogP contribution in [-0.2, 0) is 5.66 Å². The van der Waals surface area contributed by atoms with Crippen LogP contribution in [-0.4, -0.2) is 16.9 Å². The first-order chi connectivity index (χ1) is 29.6. The van der Waals surface area contributed by atoms with Gasteiger partial charge in [-0.15, -0.1) is 0 Å². The van der Waals surface area contributed by atoms with Gasteiger partial charge in [0.15, 0.2) is 13.8 Å². The second kappa shape index (κ2) is 10.4. The molecule has 0 aliphatic carbocycles. The van der Waals surface area contributed by atoms with Crippen molar-refractivity contribution in [1.29, 1.82) is 0 Å². The molecule has 3 aliphatic rings. The van der Waals surface area contributed by atoms with Crippen molar-refractivity contribution >= 4 is 94.2 Å². The number of nitrogens with zero attached hydrogens (tertiary/aromatic N) is 4. The highest BCUT2D eigenvalue weighted by Gasteiger charge is 2.69. The minimum Gasteiger partial charge on any atom is -0.195 e. The maximum absolute atomic E-state index is 2.97. The summed E-state index contributed by atoms with van der Waals surface area (Å²) in [6, 6.07) is 62.7. The van der Waals surface area contributed by atoms with Crippen LogP contribution < -0.4 is 29.9 Å². The fraction of sp³-hybridized carbons (Fsp3) is 0.0545. The maximum Gasteiger partial charge on any atom is 0.308 e. The molecule has 5 heteroatoms. The van der Waals surface area contributed by atoms with Gasteiger partial charge in [0, 0.05) is 27.1 Å². The smallest absolute Gasteiger partial charge is 0.195 e. The van der Waals surface area contributed by atoms with E-state index in [9.17, 15) is 0 Å². The molecule has 15 rings (SSSR count). The van der Waals surface area contributed by atoms with Crippen molar-refractivity contribution in [2.75, 3.05) is 0 Å². The van der Waals surface area contributed by atoms with Crippen LogP contribution in [0.25, 0.3) is 76.7 Å². The summed E-state index contributed by atoms with van der Waals surface area (Å²) in [5.74, 6) is 0. The van der Waals surface area contributed by atoms with Crippen LogP contribution in [0, 0.1) is 13.8 Å². The first-order valence-electron chi connectivity index (χ1n) is 21.1. The van der Waals surface area contributed by atoms with Crippen LogP contribution in [0.4, 0.5) is 0 Å². The molecule has 1 atom stereocenters. The van der Waals surface area contributed by atoms with Crippen molar-refractivity contribution in [3.05, 3.63) is 205 Å². The van der Waals surface area contributed by atoms with Gasteiger partial charge in [0.1, 0.15) is 29.6 Å². The Balaban J connectivity index is 1.28. The minimum atomic E-state index is -2.97. The minimum absolute atomic E-state index is 0.669. The van der Waals surface area contributed by atoms with E-state index in [0.717, 1.165) is 0 Å². The van der Waals surface area contributed by atoms with Gasteiger partial charge < -0.3 is 0 Å². The lowest BCUT2D eigenvalue weighted by molar-refractivity contribution is -0.944. The molecule has 1 unspecified atom stereocenters. The number of benzene rings is 8. The molecule has 0 saturated carbocycles. The number of fused-ring (bicyclic) bond motifs is 7. The Morgan fingerprint density at radius 1 is 0.500 bits per heavy atom. The monoisotopic (exact) mass is 780 g/mol. The van der Waals surface area contributed by atoms with E-state index in [1.807, 2.05) is 0 Å². The van der Waals surface area contributed by atoms with Gasteiger partial charge in [0.2, 0.25) is 0 Å². The predicted octanol–water partition coefficient (Wildman–Crippen LogP) is 8.43. The Kier molecular flexibility index (Phi) is 5.51. The molecule has 4 nitrogen and oxygen atoms in total. The van der Waals surface area contributed by atoms with E-state index in [4.69, 9.17) is 0 Å². The number of pyridine rings is 2. The van der Waals surface area contributed by atoms with Gasteiger partial charge in [-0.1, -0.05) is 146 Å². The third-order valence-corrected chi connectivity index (χ3v) is 19.7.